The van der Waals surface area contributed by atoms with E-state index in [1.807, 2.05) is 24.0 Å². The summed E-state index contributed by atoms with van der Waals surface area (Å²) in [6, 6.07) is 2.31. The van der Waals surface area contributed by atoms with E-state index < -0.39 is 5.54 Å². The highest BCUT2D eigenvalue weighted by molar-refractivity contribution is 5.85. The van der Waals surface area contributed by atoms with Crippen LogP contribution in [-0.4, -0.2) is 63.5 Å². The van der Waals surface area contributed by atoms with E-state index in [9.17, 15) is 10.1 Å². The van der Waals surface area contributed by atoms with E-state index in [1.165, 1.54) is 0 Å². The minimum atomic E-state index is -0.614. The predicted molar refractivity (Wildman–Crippen MR) is 104 cm³/mol. The molecule has 2 heterocycles. The van der Waals surface area contributed by atoms with E-state index in [2.05, 4.69) is 26.2 Å². The van der Waals surface area contributed by atoms with E-state index >= 15 is 0 Å². The van der Waals surface area contributed by atoms with Crippen molar-refractivity contribution in [3.63, 3.8) is 0 Å². The summed E-state index contributed by atoms with van der Waals surface area (Å²) in [6.07, 6.45) is 7.41. The van der Waals surface area contributed by atoms with Gasteiger partial charge in [0, 0.05) is 45.6 Å². The van der Waals surface area contributed by atoms with Gasteiger partial charge in [-0.1, -0.05) is 0 Å². The molecular formula is C17H28Cl2N6O. The molecule has 1 aliphatic heterocycles. The Balaban J connectivity index is 0.00000169. The zero-order valence-corrected chi connectivity index (χ0v) is 16.8. The lowest BCUT2D eigenvalue weighted by molar-refractivity contribution is -0.124. The fourth-order valence-corrected chi connectivity index (χ4v) is 3.61. The molecule has 1 N–H and O–H groups in total. The molecule has 0 aromatic carbocycles. The molecule has 0 atom stereocenters. The summed E-state index contributed by atoms with van der Waals surface area (Å²) in [7, 11) is 2.01. The Morgan fingerprint density at radius 3 is 2.38 bits per heavy atom. The van der Waals surface area contributed by atoms with Crippen LogP contribution in [0.5, 0.6) is 0 Å². The molecule has 0 radical (unpaired) electrons. The first-order valence-electron chi connectivity index (χ1n) is 8.73. The van der Waals surface area contributed by atoms with Crippen molar-refractivity contribution < 1.29 is 4.79 Å². The van der Waals surface area contributed by atoms with E-state index in [1.54, 1.807) is 0 Å². The van der Waals surface area contributed by atoms with Gasteiger partial charge in [-0.25, -0.2) is 4.98 Å². The van der Waals surface area contributed by atoms with Gasteiger partial charge in [0.05, 0.1) is 19.2 Å². The molecule has 0 spiro atoms. The summed E-state index contributed by atoms with van der Waals surface area (Å²) in [5.41, 5.74) is -0.614. The fraction of sp³-hybridized carbons (Fsp3) is 0.706. The average Bonchev–Trinajstić information content (AvgIpc) is 3.19. The van der Waals surface area contributed by atoms with Crippen LogP contribution >= 0.6 is 24.8 Å². The third kappa shape index (κ3) is 5.58. The largest absolute Gasteiger partial charge is 0.337 e. The lowest BCUT2D eigenvalue weighted by Gasteiger charge is -2.34. The number of aryl methyl sites for hydroxylation is 1. The van der Waals surface area contributed by atoms with Crippen LogP contribution in [0, 0.1) is 11.3 Å². The second kappa shape index (κ2) is 10.1. The number of nitrogens with zero attached hydrogens (tertiary/aromatic N) is 5. The minimum absolute atomic E-state index is 0. The van der Waals surface area contributed by atoms with Crippen molar-refractivity contribution in [2.45, 2.75) is 37.8 Å². The first-order valence-corrected chi connectivity index (χ1v) is 8.73. The maximum absolute atomic E-state index is 12.3. The quantitative estimate of drug-likeness (QED) is 0.803. The van der Waals surface area contributed by atoms with Gasteiger partial charge in [-0.2, -0.15) is 5.26 Å². The Hall–Kier alpha value is -1.33. The summed E-state index contributed by atoms with van der Waals surface area (Å²) < 4.78 is 2.04. The second-order valence-corrected chi connectivity index (χ2v) is 6.96. The van der Waals surface area contributed by atoms with Crippen molar-refractivity contribution in [2.24, 2.45) is 7.05 Å². The van der Waals surface area contributed by atoms with Crippen LogP contribution in [0.25, 0.3) is 0 Å². The van der Waals surface area contributed by atoms with Gasteiger partial charge in [-0.3, -0.25) is 14.6 Å². The number of piperazine rings is 1. The Labute approximate surface area is 167 Å². The molecule has 3 rings (SSSR count). The molecule has 1 saturated heterocycles. The van der Waals surface area contributed by atoms with Gasteiger partial charge in [0.2, 0.25) is 5.91 Å². The van der Waals surface area contributed by atoms with Crippen molar-refractivity contribution in [1.82, 2.24) is 24.7 Å². The highest BCUT2D eigenvalue weighted by atomic mass is 35.5. The minimum Gasteiger partial charge on any atom is -0.337 e. The molecule has 1 aliphatic carbocycles. The van der Waals surface area contributed by atoms with Gasteiger partial charge in [0.25, 0.3) is 0 Å². The smallest absolute Gasteiger partial charge is 0.235 e. The maximum atomic E-state index is 12.3. The van der Waals surface area contributed by atoms with Gasteiger partial charge in [0.1, 0.15) is 11.4 Å². The zero-order chi connectivity index (χ0) is 17.0. The van der Waals surface area contributed by atoms with Crippen LogP contribution in [0.3, 0.4) is 0 Å². The number of carbonyl (C=O) groups is 1. The van der Waals surface area contributed by atoms with Crippen molar-refractivity contribution in [3.05, 3.63) is 18.2 Å². The van der Waals surface area contributed by atoms with E-state index in [-0.39, 0.29) is 30.7 Å². The standard InChI is InChI=1S/C17H26N6O.2ClH/c1-21-7-6-19-15(21)12-22-8-10-23(11-9-22)13-16(24)20-17(14-18)4-2-3-5-17;;/h6-7H,2-5,8-13H2,1H3,(H,20,24);2*1H. The number of hydrogen-bond acceptors (Lipinski definition) is 5. The fourth-order valence-electron chi connectivity index (χ4n) is 3.61. The number of halogens is 2. The van der Waals surface area contributed by atoms with E-state index in [0.29, 0.717) is 6.54 Å². The number of hydrogen-bond donors (Lipinski definition) is 1. The number of amides is 1. The lowest BCUT2D eigenvalue weighted by atomic mass is 10.00. The van der Waals surface area contributed by atoms with Crippen LogP contribution in [0.4, 0.5) is 0 Å². The van der Waals surface area contributed by atoms with Crippen LogP contribution in [-0.2, 0) is 18.4 Å². The summed E-state index contributed by atoms with van der Waals surface area (Å²) in [5.74, 6) is 1.05. The van der Waals surface area contributed by atoms with Crippen molar-refractivity contribution in [3.8, 4) is 6.07 Å². The van der Waals surface area contributed by atoms with Gasteiger partial charge >= 0.3 is 0 Å². The van der Waals surface area contributed by atoms with Crippen molar-refractivity contribution in [2.75, 3.05) is 32.7 Å². The Morgan fingerprint density at radius 1 is 1.23 bits per heavy atom. The normalized spacial score (nSPS) is 19.8. The highest BCUT2D eigenvalue weighted by Gasteiger charge is 2.35. The molecule has 1 aromatic heterocycles. The molecule has 1 amide bonds. The van der Waals surface area contributed by atoms with Crippen molar-refractivity contribution >= 4 is 30.7 Å². The molecule has 1 saturated carbocycles. The van der Waals surface area contributed by atoms with Crippen LogP contribution < -0.4 is 5.32 Å². The molecule has 26 heavy (non-hydrogen) atoms. The number of carbonyl (C=O) groups excluding carboxylic acids is 1. The first-order chi connectivity index (χ1) is 11.6. The Bertz CT molecular complexity index is 615. The first kappa shape index (κ1) is 22.7. The lowest BCUT2D eigenvalue weighted by Crippen LogP contribution is -2.52. The molecule has 0 bridgehead atoms. The monoisotopic (exact) mass is 402 g/mol. The number of imidazole rings is 1. The number of nitrogens with one attached hydrogen (secondary N) is 1. The third-order valence-corrected chi connectivity index (χ3v) is 5.17. The summed E-state index contributed by atoms with van der Waals surface area (Å²) in [6.45, 7) is 4.85. The van der Waals surface area contributed by atoms with Gasteiger partial charge in [-0.05, 0) is 25.7 Å². The SMILES string of the molecule is Cl.Cl.Cn1ccnc1CN1CCN(CC(=O)NC2(C#N)CCCC2)CC1. The van der Waals surface area contributed by atoms with Gasteiger partial charge in [0.15, 0.2) is 0 Å². The summed E-state index contributed by atoms with van der Waals surface area (Å²) in [5, 5.41) is 12.3. The number of rotatable bonds is 5. The van der Waals surface area contributed by atoms with Crippen molar-refractivity contribution in [1.29, 1.82) is 5.26 Å². The molecule has 2 aliphatic rings. The van der Waals surface area contributed by atoms with E-state index in [0.717, 1.165) is 64.2 Å². The molecular weight excluding hydrogens is 375 g/mol. The summed E-state index contributed by atoms with van der Waals surface area (Å²) >= 11 is 0. The Morgan fingerprint density at radius 2 is 1.85 bits per heavy atom. The van der Waals surface area contributed by atoms with Crippen LogP contribution in [0.2, 0.25) is 0 Å². The second-order valence-electron chi connectivity index (χ2n) is 6.96. The predicted octanol–water partition coefficient (Wildman–Crippen LogP) is 1.33. The van der Waals surface area contributed by atoms with Crippen LogP contribution in [0.15, 0.2) is 12.4 Å². The van der Waals surface area contributed by atoms with Crippen LogP contribution in [0.1, 0.15) is 31.5 Å². The maximum Gasteiger partial charge on any atom is 0.235 e. The number of aromatic nitrogens is 2. The average molecular weight is 403 g/mol. The highest BCUT2D eigenvalue weighted by Crippen LogP contribution is 2.28. The van der Waals surface area contributed by atoms with E-state index in [4.69, 9.17) is 0 Å². The summed E-state index contributed by atoms with van der Waals surface area (Å²) in [4.78, 5) is 21.2. The van der Waals surface area contributed by atoms with Gasteiger partial charge in [-0.15, -0.1) is 24.8 Å². The Kier molecular flexibility index (Phi) is 8.84. The topological polar surface area (TPSA) is 77.2 Å². The molecule has 146 valence electrons. The molecule has 0 unspecified atom stereocenters. The molecule has 2 fully saturated rings. The third-order valence-electron chi connectivity index (χ3n) is 5.17. The molecule has 9 heteroatoms. The zero-order valence-electron chi connectivity index (χ0n) is 15.2. The molecule has 1 aromatic rings. The molecule has 7 nitrogen and oxygen atoms in total. The number of nitriles is 1. The van der Waals surface area contributed by atoms with Gasteiger partial charge < -0.3 is 9.88 Å².